The van der Waals surface area contributed by atoms with Crippen LogP contribution in [0.15, 0.2) is 17.8 Å². The Bertz CT molecular complexity index is 1050. The van der Waals surface area contributed by atoms with Gasteiger partial charge in [-0.25, -0.2) is 9.97 Å². The molecule has 1 aromatic carbocycles. The van der Waals surface area contributed by atoms with Crippen LogP contribution >= 0.6 is 34.5 Å². The molecule has 0 fully saturated rings. The number of amides is 1. The molecule has 0 saturated carbocycles. The summed E-state index contributed by atoms with van der Waals surface area (Å²) in [5.41, 5.74) is 2.05. The maximum atomic E-state index is 13.0. The average Bonchev–Trinajstić information content (AvgIpc) is 3.12. The quantitative estimate of drug-likeness (QED) is 0.546. The second-order valence-corrected chi connectivity index (χ2v) is 8.27. The maximum Gasteiger partial charge on any atom is 0.258 e. The van der Waals surface area contributed by atoms with Crippen molar-refractivity contribution in [3.05, 3.63) is 38.9 Å². The van der Waals surface area contributed by atoms with Gasteiger partial charge in [0, 0.05) is 18.5 Å². The van der Waals surface area contributed by atoms with Crippen molar-refractivity contribution in [3.8, 4) is 5.75 Å². The van der Waals surface area contributed by atoms with E-state index in [2.05, 4.69) is 25.5 Å². The standard InChI is InChI=1S/C19H21Cl2N5O2S/c1-10-7-12(28-4)14(21)16(13(10)20)25-19(27)11-8-29-17-15(11)23-9-24-18(17)22-5-6-26(2)3/h7-9H,5-6H2,1-4H3,(H,25,27)(H,22,23,24). The minimum Gasteiger partial charge on any atom is -0.495 e. The molecule has 3 rings (SSSR count). The van der Waals surface area contributed by atoms with Crippen LogP contribution in [0.25, 0.3) is 10.2 Å². The van der Waals surface area contributed by atoms with Gasteiger partial charge in [0.15, 0.2) is 0 Å². The van der Waals surface area contributed by atoms with Crippen LogP contribution in [0.1, 0.15) is 15.9 Å². The molecule has 2 heterocycles. The monoisotopic (exact) mass is 453 g/mol. The highest BCUT2D eigenvalue weighted by Gasteiger charge is 2.21. The number of ether oxygens (including phenoxy) is 1. The third-order valence-electron chi connectivity index (χ3n) is 4.26. The molecule has 0 unspecified atom stereocenters. The zero-order valence-electron chi connectivity index (χ0n) is 16.5. The second kappa shape index (κ2) is 9.13. The van der Waals surface area contributed by atoms with Crippen molar-refractivity contribution in [1.82, 2.24) is 14.9 Å². The number of nitrogens with zero attached hydrogens (tertiary/aromatic N) is 3. The smallest absolute Gasteiger partial charge is 0.258 e. The van der Waals surface area contributed by atoms with Crippen LogP contribution in [0.4, 0.5) is 11.5 Å². The fourth-order valence-corrected chi connectivity index (χ4v) is 4.20. The Hall–Kier alpha value is -2.13. The van der Waals surface area contributed by atoms with Gasteiger partial charge in [-0.3, -0.25) is 4.79 Å². The lowest BCUT2D eigenvalue weighted by molar-refractivity contribution is 0.102. The fourth-order valence-electron chi connectivity index (χ4n) is 2.72. The number of benzene rings is 1. The Morgan fingerprint density at radius 2 is 2.03 bits per heavy atom. The van der Waals surface area contributed by atoms with E-state index < -0.39 is 0 Å². The summed E-state index contributed by atoms with van der Waals surface area (Å²) in [4.78, 5) is 23.6. The molecule has 0 radical (unpaired) electrons. The van der Waals surface area contributed by atoms with Crippen molar-refractivity contribution in [2.24, 2.45) is 0 Å². The number of hydrogen-bond donors (Lipinski definition) is 2. The number of anilines is 2. The predicted molar refractivity (Wildman–Crippen MR) is 120 cm³/mol. The van der Waals surface area contributed by atoms with Gasteiger partial charge < -0.3 is 20.3 Å². The molecule has 7 nitrogen and oxygen atoms in total. The molecule has 0 spiro atoms. The summed E-state index contributed by atoms with van der Waals surface area (Å²) in [7, 11) is 5.51. The van der Waals surface area contributed by atoms with Crippen molar-refractivity contribution < 1.29 is 9.53 Å². The van der Waals surface area contributed by atoms with E-state index >= 15 is 0 Å². The fraction of sp³-hybridized carbons (Fsp3) is 0.316. The van der Waals surface area contributed by atoms with E-state index in [0.717, 1.165) is 23.4 Å². The largest absolute Gasteiger partial charge is 0.495 e. The highest BCUT2D eigenvalue weighted by molar-refractivity contribution is 7.18. The summed E-state index contributed by atoms with van der Waals surface area (Å²) in [6.45, 7) is 3.40. The summed E-state index contributed by atoms with van der Waals surface area (Å²) < 4.78 is 6.08. The summed E-state index contributed by atoms with van der Waals surface area (Å²) in [6, 6.07) is 1.72. The summed E-state index contributed by atoms with van der Waals surface area (Å²) in [5.74, 6) is 0.786. The summed E-state index contributed by atoms with van der Waals surface area (Å²) >= 11 is 14.1. The molecule has 1 amide bonds. The number of carbonyl (C=O) groups excluding carboxylic acids is 1. The Labute approximate surface area is 183 Å². The maximum absolute atomic E-state index is 13.0. The average molecular weight is 454 g/mol. The van der Waals surface area contributed by atoms with E-state index in [-0.39, 0.29) is 10.9 Å². The van der Waals surface area contributed by atoms with Crippen molar-refractivity contribution in [1.29, 1.82) is 0 Å². The van der Waals surface area contributed by atoms with Gasteiger partial charge >= 0.3 is 0 Å². The molecule has 0 bridgehead atoms. The molecule has 154 valence electrons. The van der Waals surface area contributed by atoms with Gasteiger partial charge in [-0.2, -0.15) is 0 Å². The van der Waals surface area contributed by atoms with Crippen LogP contribution < -0.4 is 15.4 Å². The van der Waals surface area contributed by atoms with Gasteiger partial charge in [-0.1, -0.05) is 23.2 Å². The summed E-state index contributed by atoms with van der Waals surface area (Å²) in [6.07, 6.45) is 1.44. The van der Waals surface area contributed by atoms with E-state index in [0.29, 0.717) is 33.4 Å². The van der Waals surface area contributed by atoms with Gasteiger partial charge in [0.05, 0.1) is 33.6 Å². The zero-order valence-corrected chi connectivity index (χ0v) is 18.8. The number of likely N-dealkylation sites (N-methyl/N-ethyl adjacent to an activating group) is 1. The normalized spacial score (nSPS) is 11.1. The first-order valence-corrected chi connectivity index (χ1v) is 10.4. The van der Waals surface area contributed by atoms with Crippen molar-refractivity contribution >= 4 is 62.2 Å². The number of halogens is 2. The lowest BCUT2D eigenvalue weighted by Crippen LogP contribution is -2.21. The Kier molecular flexibility index (Phi) is 6.79. The Balaban J connectivity index is 1.90. The van der Waals surface area contributed by atoms with Crippen LogP contribution in [0.3, 0.4) is 0 Å². The van der Waals surface area contributed by atoms with Crippen LogP contribution in [-0.4, -0.2) is 55.1 Å². The Morgan fingerprint density at radius 1 is 1.28 bits per heavy atom. The second-order valence-electron chi connectivity index (χ2n) is 6.63. The SMILES string of the molecule is COc1cc(C)c(Cl)c(NC(=O)c2csc3c(NCCN(C)C)ncnc23)c1Cl. The van der Waals surface area contributed by atoms with Crippen molar-refractivity contribution in [2.45, 2.75) is 6.92 Å². The highest BCUT2D eigenvalue weighted by Crippen LogP contribution is 2.40. The number of methoxy groups -OCH3 is 1. The minimum atomic E-state index is -0.356. The number of thiophene rings is 1. The number of carbonyl (C=O) groups is 1. The van der Waals surface area contributed by atoms with Crippen LogP contribution in [-0.2, 0) is 0 Å². The van der Waals surface area contributed by atoms with Crippen LogP contribution in [0.2, 0.25) is 10.0 Å². The zero-order chi connectivity index (χ0) is 21.1. The lowest BCUT2D eigenvalue weighted by Gasteiger charge is -2.14. The third-order valence-corrected chi connectivity index (χ3v) is 6.10. The molecular weight excluding hydrogens is 433 g/mol. The van der Waals surface area contributed by atoms with Crippen LogP contribution in [0, 0.1) is 6.92 Å². The number of nitrogens with one attached hydrogen (secondary N) is 2. The van der Waals surface area contributed by atoms with Gasteiger partial charge in [0.1, 0.15) is 22.9 Å². The molecule has 0 saturated heterocycles. The van der Waals surface area contributed by atoms with E-state index in [1.54, 1.807) is 11.4 Å². The first-order valence-electron chi connectivity index (χ1n) is 8.78. The molecule has 3 aromatic rings. The van der Waals surface area contributed by atoms with Crippen LogP contribution in [0.5, 0.6) is 5.75 Å². The first kappa shape index (κ1) is 21.6. The third kappa shape index (κ3) is 4.56. The van der Waals surface area contributed by atoms with Crippen molar-refractivity contribution in [3.63, 3.8) is 0 Å². The van der Waals surface area contributed by atoms with E-state index in [1.807, 2.05) is 21.0 Å². The van der Waals surface area contributed by atoms with Crippen molar-refractivity contribution in [2.75, 3.05) is 44.9 Å². The molecule has 0 atom stereocenters. The van der Waals surface area contributed by atoms with Gasteiger partial charge in [-0.15, -0.1) is 11.3 Å². The highest BCUT2D eigenvalue weighted by atomic mass is 35.5. The number of rotatable bonds is 7. The molecule has 2 aromatic heterocycles. The number of fused-ring (bicyclic) bond motifs is 1. The molecule has 2 N–H and O–H groups in total. The lowest BCUT2D eigenvalue weighted by atomic mass is 10.2. The van der Waals surface area contributed by atoms with Gasteiger partial charge in [0.2, 0.25) is 0 Å². The topological polar surface area (TPSA) is 79.4 Å². The van der Waals surface area contributed by atoms with E-state index in [9.17, 15) is 4.79 Å². The molecule has 10 heteroatoms. The summed E-state index contributed by atoms with van der Waals surface area (Å²) in [5, 5.41) is 8.45. The Morgan fingerprint density at radius 3 is 2.72 bits per heavy atom. The molecule has 0 aliphatic carbocycles. The molecule has 0 aliphatic rings. The van der Waals surface area contributed by atoms with Gasteiger partial charge in [-0.05, 0) is 32.6 Å². The number of aryl methyl sites for hydroxylation is 1. The predicted octanol–water partition coefficient (Wildman–Crippen LogP) is 4.54. The molecule has 0 aliphatic heterocycles. The minimum absolute atomic E-state index is 0.247. The molecule has 29 heavy (non-hydrogen) atoms. The van der Waals surface area contributed by atoms with Gasteiger partial charge in [0.25, 0.3) is 5.91 Å². The first-order chi connectivity index (χ1) is 13.8. The van der Waals surface area contributed by atoms with E-state index in [4.69, 9.17) is 27.9 Å². The number of hydrogen-bond acceptors (Lipinski definition) is 7. The molecular formula is C19H21Cl2N5O2S. The number of aromatic nitrogens is 2. The van der Waals surface area contributed by atoms with E-state index in [1.165, 1.54) is 24.8 Å².